The molecule has 0 bridgehead atoms. The van der Waals surface area contributed by atoms with Gasteiger partial charge in [0.05, 0.1) is 6.10 Å². The number of pyridine rings is 1. The van der Waals surface area contributed by atoms with Gasteiger partial charge in [-0.15, -0.1) is 0 Å². The molecule has 1 N–H and O–H groups in total. The van der Waals surface area contributed by atoms with Gasteiger partial charge >= 0.3 is 0 Å². The van der Waals surface area contributed by atoms with Crippen molar-refractivity contribution in [1.82, 2.24) is 4.98 Å². The second-order valence-corrected chi connectivity index (χ2v) is 4.51. The summed E-state index contributed by atoms with van der Waals surface area (Å²) in [5.74, 6) is -6.04. The Labute approximate surface area is 118 Å². The summed E-state index contributed by atoms with van der Waals surface area (Å²) in [6, 6.07) is 6.05. The Kier molecular flexibility index (Phi) is 4.30. The lowest BCUT2D eigenvalue weighted by atomic mass is 10.2. The van der Waals surface area contributed by atoms with Crippen molar-refractivity contribution in [2.75, 3.05) is 5.32 Å². The minimum absolute atomic E-state index is 0.0258. The first-order valence-electron chi connectivity index (χ1n) is 6.12. The lowest BCUT2D eigenvalue weighted by Crippen LogP contribution is -2.07. The molecule has 0 saturated carbocycles. The van der Waals surface area contributed by atoms with Crippen molar-refractivity contribution in [3.8, 4) is 5.75 Å². The van der Waals surface area contributed by atoms with E-state index in [9.17, 15) is 17.6 Å². The summed E-state index contributed by atoms with van der Waals surface area (Å²) in [6.07, 6.45) is -0.0258. The maximum Gasteiger partial charge on any atom is 0.253 e. The zero-order valence-corrected chi connectivity index (χ0v) is 11.3. The molecule has 1 heterocycles. The van der Waals surface area contributed by atoms with Gasteiger partial charge in [0.15, 0.2) is 0 Å². The van der Waals surface area contributed by atoms with Gasteiger partial charge in [0.2, 0.25) is 11.6 Å². The van der Waals surface area contributed by atoms with Gasteiger partial charge in [0.25, 0.3) is 11.9 Å². The van der Waals surface area contributed by atoms with Crippen LogP contribution in [0.15, 0.2) is 24.3 Å². The van der Waals surface area contributed by atoms with Crippen LogP contribution in [0.2, 0.25) is 0 Å². The van der Waals surface area contributed by atoms with Crippen LogP contribution in [0.1, 0.15) is 13.8 Å². The monoisotopic (exact) mass is 300 g/mol. The van der Waals surface area contributed by atoms with Crippen molar-refractivity contribution in [1.29, 1.82) is 0 Å². The van der Waals surface area contributed by atoms with Crippen LogP contribution in [0.5, 0.6) is 5.75 Å². The van der Waals surface area contributed by atoms with Crippen LogP contribution in [0, 0.1) is 23.5 Å². The summed E-state index contributed by atoms with van der Waals surface area (Å²) in [6.45, 7) is 3.69. The maximum absolute atomic E-state index is 13.4. The van der Waals surface area contributed by atoms with Crippen molar-refractivity contribution in [3.63, 3.8) is 0 Å². The highest BCUT2D eigenvalue weighted by atomic mass is 19.2. The molecule has 0 unspecified atom stereocenters. The van der Waals surface area contributed by atoms with E-state index in [1.807, 2.05) is 13.8 Å². The zero-order chi connectivity index (χ0) is 15.6. The SMILES string of the molecule is CC(C)Oc1ccc(Nc2c(F)c(F)nc(F)c2F)cc1. The first-order valence-corrected chi connectivity index (χ1v) is 6.12. The molecule has 0 radical (unpaired) electrons. The van der Waals surface area contributed by atoms with E-state index in [-0.39, 0.29) is 11.8 Å². The summed E-state index contributed by atoms with van der Waals surface area (Å²) >= 11 is 0. The molecule has 0 fully saturated rings. The quantitative estimate of drug-likeness (QED) is 0.680. The van der Waals surface area contributed by atoms with Gasteiger partial charge in [-0.2, -0.15) is 22.5 Å². The standard InChI is InChI=1S/C14H12F4N2O/c1-7(2)21-9-5-3-8(4-6-9)19-12-10(15)13(17)20-14(18)11(12)16/h3-7H,1-2H3,(H,19,20). The summed E-state index contributed by atoms with van der Waals surface area (Å²) in [7, 11) is 0. The molecular formula is C14H12F4N2O. The van der Waals surface area contributed by atoms with Crippen molar-refractivity contribution in [2.24, 2.45) is 0 Å². The van der Waals surface area contributed by atoms with Crippen LogP contribution in [-0.4, -0.2) is 11.1 Å². The van der Waals surface area contributed by atoms with E-state index in [0.29, 0.717) is 5.75 Å². The normalized spacial score (nSPS) is 10.8. The minimum atomic E-state index is -1.71. The Morgan fingerprint density at radius 2 is 1.48 bits per heavy atom. The number of hydrogen-bond donors (Lipinski definition) is 1. The van der Waals surface area contributed by atoms with Gasteiger partial charge in [-0.05, 0) is 38.1 Å². The fourth-order valence-corrected chi connectivity index (χ4v) is 1.63. The van der Waals surface area contributed by atoms with Crippen LogP contribution in [0.25, 0.3) is 0 Å². The number of nitrogens with zero attached hydrogens (tertiary/aromatic N) is 1. The molecule has 0 saturated heterocycles. The van der Waals surface area contributed by atoms with Crippen molar-refractivity contribution in [3.05, 3.63) is 47.8 Å². The predicted octanol–water partition coefficient (Wildman–Crippen LogP) is 4.17. The second-order valence-electron chi connectivity index (χ2n) is 4.51. The highest BCUT2D eigenvalue weighted by molar-refractivity contribution is 5.61. The van der Waals surface area contributed by atoms with Crippen molar-refractivity contribution < 1.29 is 22.3 Å². The van der Waals surface area contributed by atoms with E-state index in [4.69, 9.17) is 4.74 Å². The number of halogens is 4. The number of anilines is 2. The predicted molar refractivity (Wildman–Crippen MR) is 69.6 cm³/mol. The molecule has 1 aromatic heterocycles. The largest absolute Gasteiger partial charge is 0.491 e. The molecule has 7 heteroatoms. The minimum Gasteiger partial charge on any atom is -0.491 e. The molecule has 3 nitrogen and oxygen atoms in total. The molecule has 0 spiro atoms. The molecule has 0 aliphatic rings. The van der Waals surface area contributed by atoms with Crippen LogP contribution in [-0.2, 0) is 0 Å². The molecule has 112 valence electrons. The van der Waals surface area contributed by atoms with Crippen LogP contribution in [0.3, 0.4) is 0 Å². The van der Waals surface area contributed by atoms with E-state index in [1.54, 1.807) is 12.1 Å². The van der Waals surface area contributed by atoms with E-state index in [0.717, 1.165) is 0 Å². The van der Waals surface area contributed by atoms with Gasteiger partial charge in [0.1, 0.15) is 11.4 Å². The van der Waals surface area contributed by atoms with Gasteiger partial charge in [-0.3, -0.25) is 0 Å². The fraction of sp³-hybridized carbons (Fsp3) is 0.214. The van der Waals surface area contributed by atoms with Crippen LogP contribution in [0.4, 0.5) is 28.9 Å². The number of nitrogens with one attached hydrogen (secondary N) is 1. The summed E-state index contributed by atoms with van der Waals surface area (Å²) < 4.78 is 58.3. The molecule has 1 aromatic carbocycles. The summed E-state index contributed by atoms with van der Waals surface area (Å²) in [5, 5.41) is 2.28. The highest BCUT2D eigenvalue weighted by Gasteiger charge is 2.20. The number of ether oxygens (including phenoxy) is 1. The third-order valence-electron chi connectivity index (χ3n) is 2.49. The first kappa shape index (κ1) is 15.1. The lowest BCUT2D eigenvalue weighted by molar-refractivity contribution is 0.242. The Balaban J connectivity index is 2.26. The first-order chi connectivity index (χ1) is 9.88. The van der Waals surface area contributed by atoms with Gasteiger partial charge in [-0.1, -0.05) is 0 Å². The Bertz CT molecular complexity index is 618. The van der Waals surface area contributed by atoms with Crippen LogP contribution < -0.4 is 10.1 Å². The average molecular weight is 300 g/mol. The number of aromatic nitrogens is 1. The molecular weight excluding hydrogens is 288 g/mol. The molecule has 0 atom stereocenters. The average Bonchev–Trinajstić information content (AvgIpc) is 2.43. The number of rotatable bonds is 4. The fourth-order valence-electron chi connectivity index (χ4n) is 1.63. The third-order valence-corrected chi connectivity index (χ3v) is 2.49. The number of hydrogen-bond acceptors (Lipinski definition) is 3. The zero-order valence-electron chi connectivity index (χ0n) is 11.3. The van der Waals surface area contributed by atoms with Gasteiger partial charge in [0, 0.05) is 5.69 Å². The smallest absolute Gasteiger partial charge is 0.253 e. The molecule has 0 aliphatic heterocycles. The van der Waals surface area contributed by atoms with Gasteiger partial charge in [-0.25, -0.2) is 0 Å². The van der Waals surface area contributed by atoms with E-state index in [1.165, 1.54) is 12.1 Å². The molecule has 0 amide bonds. The Morgan fingerprint density at radius 3 is 1.95 bits per heavy atom. The maximum atomic E-state index is 13.4. The molecule has 21 heavy (non-hydrogen) atoms. The highest BCUT2D eigenvalue weighted by Crippen LogP contribution is 2.27. The molecule has 0 aliphatic carbocycles. The summed E-state index contributed by atoms with van der Waals surface area (Å²) in [4.78, 5) is 2.48. The Morgan fingerprint density at radius 1 is 0.952 bits per heavy atom. The Hall–Kier alpha value is -2.31. The van der Waals surface area contributed by atoms with Crippen LogP contribution >= 0.6 is 0 Å². The lowest BCUT2D eigenvalue weighted by Gasteiger charge is -2.12. The van der Waals surface area contributed by atoms with Crippen molar-refractivity contribution in [2.45, 2.75) is 20.0 Å². The summed E-state index contributed by atoms with van der Waals surface area (Å²) in [5.41, 5.74) is -0.688. The number of benzene rings is 1. The van der Waals surface area contributed by atoms with E-state index < -0.39 is 29.2 Å². The molecule has 2 aromatic rings. The van der Waals surface area contributed by atoms with E-state index in [2.05, 4.69) is 10.3 Å². The second kappa shape index (κ2) is 5.99. The van der Waals surface area contributed by atoms with E-state index >= 15 is 0 Å². The van der Waals surface area contributed by atoms with Crippen molar-refractivity contribution >= 4 is 11.4 Å². The van der Waals surface area contributed by atoms with Gasteiger partial charge < -0.3 is 10.1 Å². The third kappa shape index (κ3) is 3.42. The molecule has 2 rings (SSSR count). The topological polar surface area (TPSA) is 34.1 Å².